The topological polar surface area (TPSA) is 105 Å². The van der Waals surface area contributed by atoms with E-state index in [-0.39, 0.29) is 11.5 Å². The van der Waals surface area contributed by atoms with Crippen LogP contribution in [-0.4, -0.2) is 38.8 Å². The lowest BCUT2D eigenvalue weighted by molar-refractivity contribution is -0.131. The third kappa shape index (κ3) is 3.16. The van der Waals surface area contributed by atoms with Gasteiger partial charge in [-0.25, -0.2) is 9.97 Å². The van der Waals surface area contributed by atoms with Crippen LogP contribution < -0.4 is 11.3 Å². The van der Waals surface area contributed by atoms with E-state index < -0.39 is 0 Å². The lowest BCUT2D eigenvalue weighted by Gasteiger charge is -2.19. The lowest BCUT2D eigenvalue weighted by atomic mass is 10.1. The first kappa shape index (κ1) is 14.7. The monoisotopic (exact) mass is 319 g/mol. The molecule has 1 amide bonds. The van der Waals surface area contributed by atoms with Crippen LogP contribution >= 0.6 is 11.3 Å². The van der Waals surface area contributed by atoms with Crippen LogP contribution in [0.3, 0.4) is 0 Å². The Labute approximate surface area is 131 Å². The molecule has 1 aliphatic rings. The largest absolute Gasteiger partial charge is 0.375 e. The van der Waals surface area contributed by atoms with Crippen LogP contribution in [0.5, 0.6) is 0 Å². The number of aromatic nitrogens is 3. The highest BCUT2D eigenvalue weighted by molar-refractivity contribution is 7.13. The maximum absolute atomic E-state index is 12.3. The number of aryl methyl sites for hydroxylation is 1. The van der Waals surface area contributed by atoms with Crippen molar-refractivity contribution < 1.29 is 4.79 Å². The Kier molecular flexibility index (Phi) is 4.19. The van der Waals surface area contributed by atoms with Gasteiger partial charge < -0.3 is 15.6 Å². The van der Waals surface area contributed by atoms with Gasteiger partial charge >= 0.3 is 0 Å². The van der Waals surface area contributed by atoms with Crippen molar-refractivity contribution in [3.8, 4) is 0 Å². The van der Waals surface area contributed by atoms with Crippen molar-refractivity contribution in [1.82, 2.24) is 19.9 Å². The summed E-state index contributed by atoms with van der Waals surface area (Å²) < 4.78 is 0. The third-order valence-corrected chi connectivity index (χ3v) is 4.53. The SMILES string of the molecule is Nc1nc(CCC(=O)N2CCc3nc[nH]c(=O)c3CC2)cs1. The number of fused-ring (bicyclic) bond motifs is 1. The summed E-state index contributed by atoms with van der Waals surface area (Å²) in [6.45, 7) is 1.15. The predicted molar refractivity (Wildman–Crippen MR) is 83.7 cm³/mol. The highest BCUT2D eigenvalue weighted by Gasteiger charge is 2.20. The first-order valence-corrected chi connectivity index (χ1v) is 8.04. The van der Waals surface area contributed by atoms with Gasteiger partial charge in [-0.3, -0.25) is 9.59 Å². The second-order valence-corrected chi connectivity index (χ2v) is 6.10. The number of carbonyl (C=O) groups excluding carboxylic acids is 1. The van der Waals surface area contributed by atoms with Crippen molar-refractivity contribution in [3.63, 3.8) is 0 Å². The molecule has 2 aromatic rings. The van der Waals surface area contributed by atoms with E-state index in [0.29, 0.717) is 49.5 Å². The molecular weight excluding hydrogens is 302 g/mol. The lowest BCUT2D eigenvalue weighted by Crippen LogP contribution is -2.33. The Hall–Kier alpha value is -2.22. The normalized spacial score (nSPS) is 14.5. The van der Waals surface area contributed by atoms with Crippen LogP contribution in [0.25, 0.3) is 0 Å². The summed E-state index contributed by atoms with van der Waals surface area (Å²) in [5.41, 5.74) is 7.83. The minimum atomic E-state index is -0.0998. The first-order valence-electron chi connectivity index (χ1n) is 7.16. The molecule has 0 spiro atoms. The maximum Gasteiger partial charge on any atom is 0.254 e. The molecule has 22 heavy (non-hydrogen) atoms. The Morgan fingerprint density at radius 1 is 1.41 bits per heavy atom. The molecule has 116 valence electrons. The van der Waals surface area contributed by atoms with Gasteiger partial charge in [-0.05, 0) is 12.8 Å². The van der Waals surface area contributed by atoms with Gasteiger partial charge in [0.25, 0.3) is 5.56 Å². The molecule has 0 atom stereocenters. The highest BCUT2D eigenvalue weighted by atomic mass is 32.1. The van der Waals surface area contributed by atoms with Gasteiger partial charge in [0, 0.05) is 36.9 Å². The Morgan fingerprint density at radius 3 is 3.00 bits per heavy atom. The van der Waals surface area contributed by atoms with Gasteiger partial charge in [0.1, 0.15) is 0 Å². The number of amides is 1. The van der Waals surface area contributed by atoms with Crippen LogP contribution in [0.4, 0.5) is 5.13 Å². The summed E-state index contributed by atoms with van der Waals surface area (Å²) in [6, 6.07) is 0. The van der Waals surface area contributed by atoms with Crippen molar-refractivity contribution in [3.05, 3.63) is 39.0 Å². The number of nitrogens with one attached hydrogen (secondary N) is 1. The average Bonchev–Trinajstić information content (AvgIpc) is 2.79. The predicted octanol–water partition coefficient (Wildman–Crippen LogP) is 0.369. The summed E-state index contributed by atoms with van der Waals surface area (Å²) in [5, 5.41) is 2.41. The molecule has 2 aromatic heterocycles. The molecule has 0 unspecified atom stereocenters. The van der Waals surface area contributed by atoms with Crippen LogP contribution in [0.2, 0.25) is 0 Å². The van der Waals surface area contributed by atoms with Crippen molar-refractivity contribution in [1.29, 1.82) is 0 Å². The summed E-state index contributed by atoms with van der Waals surface area (Å²) in [4.78, 5) is 36.9. The van der Waals surface area contributed by atoms with Crippen LogP contribution in [0.15, 0.2) is 16.5 Å². The van der Waals surface area contributed by atoms with Gasteiger partial charge in [0.2, 0.25) is 5.91 Å². The molecule has 0 saturated heterocycles. The number of H-pyrrole nitrogens is 1. The number of nitrogens with two attached hydrogens (primary N) is 1. The fourth-order valence-electron chi connectivity index (χ4n) is 2.62. The molecule has 0 radical (unpaired) electrons. The van der Waals surface area contributed by atoms with E-state index in [0.717, 1.165) is 11.4 Å². The molecule has 8 heteroatoms. The fraction of sp³-hybridized carbons (Fsp3) is 0.429. The van der Waals surface area contributed by atoms with E-state index >= 15 is 0 Å². The summed E-state index contributed by atoms with van der Waals surface area (Å²) >= 11 is 1.38. The van der Waals surface area contributed by atoms with Gasteiger partial charge in [-0.1, -0.05) is 0 Å². The molecule has 0 fully saturated rings. The zero-order valence-electron chi connectivity index (χ0n) is 12.0. The third-order valence-electron chi connectivity index (χ3n) is 3.81. The number of hydrogen-bond donors (Lipinski definition) is 2. The summed E-state index contributed by atoms with van der Waals surface area (Å²) in [5.74, 6) is 0.0795. The highest BCUT2D eigenvalue weighted by Crippen LogP contribution is 2.14. The Bertz CT molecular complexity index is 739. The zero-order chi connectivity index (χ0) is 15.5. The molecule has 0 bridgehead atoms. The molecule has 1 aliphatic heterocycles. The quantitative estimate of drug-likeness (QED) is 0.850. The van der Waals surface area contributed by atoms with E-state index in [1.54, 1.807) is 4.90 Å². The van der Waals surface area contributed by atoms with Crippen molar-refractivity contribution in [2.75, 3.05) is 18.8 Å². The zero-order valence-corrected chi connectivity index (χ0v) is 12.9. The van der Waals surface area contributed by atoms with Gasteiger partial charge in [-0.2, -0.15) is 0 Å². The van der Waals surface area contributed by atoms with Gasteiger partial charge in [-0.15, -0.1) is 11.3 Å². The standard InChI is InChI=1S/C14H17N5O2S/c15-14-18-9(7-22-14)1-2-12(20)19-5-3-10-11(4-6-19)16-8-17-13(10)21/h7-8H,1-6H2,(H2,15,18)(H,16,17,21). The number of nitrogen functional groups attached to an aromatic ring is 1. The molecule has 0 aromatic carbocycles. The summed E-state index contributed by atoms with van der Waals surface area (Å²) in [7, 11) is 0. The van der Waals surface area contributed by atoms with Gasteiger partial charge in [0.15, 0.2) is 5.13 Å². The van der Waals surface area contributed by atoms with E-state index in [9.17, 15) is 9.59 Å². The van der Waals surface area contributed by atoms with Crippen molar-refractivity contribution in [2.45, 2.75) is 25.7 Å². The number of aromatic amines is 1. The molecule has 3 N–H and O–H groups in total. The van der Waals surface area contributed by atoms with Crippen LogP contribution in [0.1, 0.15) is 23.4 Å². The smallest absolute Gasteiger partial charge is 0.254 e. The second kappa shape index (κ2) is 6.27. The number of rotatable bonds is 3. The number of carbonyl (C=O) groups is 1. The maximum atomic E-state index is 12.3. The minimum absolute atomic E-state index is 0.0795. The Balaban J connectivity index is 1.61. The molecular formula is C14H17N5O2S. The van der Waals surface area contributed by atoms with E-state index in [4.69, 9.17) is 5.73 Å². The van der Waals surface area contributed by atoms with Crippen molar-refractivity contribution in [2.24, 2.45) is 0 Å². The van der Waals surface area contributed by atoms with Gasteiger partial charge in [0.05, 0.1) is 17.7 Å². The minimum Gasteiger partial charge on any atom is -0.375 e. The number of hydrogen-bond acceptors (Lipinski definition) is 6. The average molecular weight is 319 g/mol. The first-order chi connectivity index (χ1) is 10.6. The molecule has 0 saturated carbocycles. The van der Waals surface area contributed by atoms with Crippen LogP contribution in [0, 0.1) is 0 Å². The summed E-state index contributed by atoms with van der Waals surface area (Å²) in [6.07, 6.45) is 3.59. The number of thiazole rings is 1. The molecule has 3 rings (SSSR count). The number of anilines is 1. The Morgan fingerprint density at radius 2 is 2.23 bits per heavy atom. The molecule has 0 aliphatic carbocycles. The molecule has 3 heterocycles. The van der Waals surface area contributed by atoms with Crippen LogP contribution in [-0.2, 0) is 24.1 Å². The van der Waals surface area contributed by atoms with Crippen molar-refractivity contribution >= 4 is 22.4 Å². The van der Waals surface area contributed by atoms with E-state index in [1.807, 2.05) is 5.38 Å². The van der Waals surface area contributed by atoms with E-state index in [2.05, 4.69) is 15.0 Å². The number of nitrogens with zero attached hydrogens (tertiary/aromatic N) is 3. The fourth-order valence-corrected chi connectivity index (χ4v) is 3.21. The molecule has 7 nitrogen and oxygen atoms in total. The van der Waals surface area contributed by atoms with E-state index in [1.165, 1.54) is 17.7 Å². The second-order valence-electron chi connectivity index (χ2n) is 5.21.